The second-order valence-electron chi connectivity index (χ2n) is 2.85. The Morgan fingerprint density at radius 1 is 0.875 bits per heavy atom. The fourth-order valence-corrected chi connectivity index (χ4v) is 3.17. The zero-order valence-corrected chi connectivity index (χ0v) is 10.6. The lowest BCUT2D eigenvalue weighted by molar-refractivity contribution is -0.130. The Morgan fingerprint density at radius 3 is 1.50 bits per heavy atom. The molecule has 0 aromatic heterocycles. The molecular formula is C9H19F3O3S. The maximum absolute atomic E-state index is 12.2. The van der Waals surface area contributed by atoms with Crippen molar-refractivity contribution in [1.82, 2.24) is 0 Å². The fourth-order valence-electron chi connectivity index (χ4n) is 1.06. The van der Waals surface area contributed by atoms with Gasteiger partial charge in [-0.25, -0.2) is 0 Å². The van der Waals surface area contributed by atoms with Crippen LogP contribution in [0.2, 0.25) is 0 Å². The van der Waals surface area contributed by atoms with Gasteiger partial charge in [0, 0.05) is 0 Å². The third-order valence-corrected chi connectivity index (χ3v) is 4.02. The van der Waals surface area contributed by atoms with Gasteiger partial charge >= 0.3 is 6.18 Å². The molecule has 0 unspecified atom stereocenters. The van der Waals surface area contributed by atoms with Gasteiger partial charge in [-0.05, 0) is 20.8 Å². The van der Waals surface area contributed by atoms with Crippen molar-refractivity contribution < 1.29 is 25.7 Å². The minimum atomic E-state index is -4.22. The summed E-state index contributed by atoms with van der Waals surface area (Å²) >= 11 is 0. The Labute approximate surface area is 96.2 Å². The maximum Gasteiger partial charge on any atom is 0.390 e. The summed E-state index contributed by atoms with van der Waals surface area (Å²) in [7, 11) is -2.50. The summed E-state index contributed by atoms with van der Waals surface area (Å²) in [5.74, 6) is -0.272. The zero-order valence-electron chi connectivity index (χ0n) is 9.80. The van der Waals surface area contributed by atoms with Crippen LogP contribution in [0.4, 0.5) is 13.2 Å². The minimum absolute atomic E-state index is 0.271. The van der Waals surface area contributed by atoms with Crippen molar-refractivity contribution in [3.05, 3.63) is 0 Å². The van der Waals surface area contributed by atoms with Gasteiger partial charge in [0.05, 0.1) is 42.9 Å². The molecule has 0 aromatic carbocycles. The van der Waals surface area contributed by atoms with Crippen LogP contribution in [-0.4, -0.2) is 31.7 Å². The maximum atomic E-state index is 12.2. The highest BCUT2D eigenvalue weighted by molar-refractivity contribution is 8.21. The lowest BCUT2D eigenvalue weighted by Gasteiger charge is -2.36. The Hall–Kier alpha value is 0.0200. The number of rotatable bonds is 8. The van der Waals surface area contributed by atoms with Crippen molar-refractivity contribution in [2.45, 2.75) is 33.4 Å². The van der Waals surface area contributed by atoms with Crippen LogP contribution in [0.15, 0.2) is 0 Å². The largest absolute Gasteiger partial charge is 0.390 e. The number of hydrogen-bond donors (Lipinski definition) is 0. The Bertz CT molecular complexity index is 170. The van der Waals surface area contributed by atoms with Gasteiger partial charge in [-0.3, -0.25) is 12.5 Å². The van der Waals surface area contributed by atoms with E-state index in [4.69, 9.17) is 12.5 Å². The van der Waals surface area contributed by atoms with Crippen LogP contribution in [0.5, 0.6) is 0 Å². The molecule has 0 spiro atoms. The predicted octanol–water partition coefficient (Wildman–Crippen LogP) is 3.60. The van der Waals surface area contributed by atoms with Crippen molar-refractivity contribution in [2.75, 3.05) is 25.6 Å². The SMILES string of the molecule is CCOS(CCC(F)(F)F)(OCC)OCC. The first-order valence-corrected chi connectivity index (χ1v) is 6.77. The Balaban J connectivity index is 4.46. The third-order valence-electron chi connectivity index (χ3n) is 1.53. The molecule has 0 saturated carbocycles. The lowest BCUT2D eigenvalue weighted by Crippen LogP contribution is -2.21. The molecule has 100 valence electrons. The fraction of sp³-hybridized carbons (Fsp3) is 1.00. The average molecular weight is 264 g/mol. The van der Waals surface area contributed by atoms with Crippen molar-refractivity contribution in [2.24, 2.45) is 0 Å². The lowest BCUT2D eigenvalue weighted by atomic mass is 10.5. The van der Waals surface area contributed by atoms with E-state index >= 15 is 0 Å². The standard InChI is InChI=1S/C9H19F3O3S/c1-4-13-16(14-5-2,15-6-3)8-7-9(10,11)12/h4-8H2,1-3H3. The molecule has 7 heteroatoms. The van der Waals surface area contributed by atoms with E-state index in [-0.39, 0.29) is 25.6 Å². The molecule has 3 nitrogen and oxygen atoms in total. The van der Waals surface area contributed by atoms with Crippen LogP contribution in [-0.2, 0) is 12.5 Å². The molecule has 0 aliphatic heterocycles. The normalized spacial score (nSPS) is 14.1. The molecule has 0 fully saturated rings. The van der Waals surface area contributed by atoms with E-state index in [1.165, 1.54) is 0 Å². The van der Waals surface area contributed by atoms with E-state index in [0.29, 0.717) is 0 Å². The van der Waals surface area contributed by atoms with Crippen molar-refractivity contribution >= 4 is 10.9 Å². The molecule has 0 bridgehead atoms. The zero-order chi connectivity index (χ0) is 12.7. The third kappa shape index (κ3) is 6.57. The first-order chi connectivity index (χ1) is 7.39. The molecule has 0 radical (unpaired) electrons. The molecule has 0 atom stereocenters. The van der Waals surface area contributed by atoms with Gasteiger partial charge in [-0.2, -0.15) is 13.2 Å². The molecule has 16 heavy (non-hydrogen) atoms. The van der Waals surface area contributed by atoms with E-state index < -0.39 is 23.5 Å². The first kappa shape index (κ1) is 16.0. The highest BCUT2D eigenvalue weighted by Crippen LogP contribution is 2.53. The van der Waals surface area contributed by atoms with E-state index in [2.05, 4.69) is 0 Å². The van der Waals surface area contributed by atoms with Crippen molar-refractivity contribution in [1.29, 1.82) is 0 Å². The topological polar surface area (TPSA) is 27.7 Å². The number of halogens is 3. The van der Waals surface area contributed by atoms with Crippen LogP contribution < -0.4 is 0 Å². The molecule has 0 N–H and O–H groups in total. The van der Waals surface area contributed by atoms with Gasteiger partial charge in [0.25, 0.3) is 0 Å². The molecule has 0 heterocycles. The predicted molar refractivity (Wildman–Crippen MR) is 58.0 cm³/mol. The van der Waals surface area contributed by atoms with E-state index in [1.807, 2.05) is 0 Å². The molecule has 0 rings (SSSR count). The monoisotopic (exact) mass is 264 g/mol. The number of alkyl halides is 3. The Kier molecular flexibility index (Phi) is 7.38. The number of hydrogen-bond acceptors (Lipinski definition) is 3. The van der Waals surface area contributed by atoms with Gasteiger partial charge in [-0.1, -0.05) is 0 Å². The van der Waals surface area contributed by atoms with Crippen LogP contribution >= 0.6 is 10.9 Å². The molecule has 0 aliphatic rings. The Morgan fingerprint density at radius 2 is 1.25 bits per heavy atom. The van der Waals surface area contributed by atoms with Gasteiger partial charge in [0.15, 0.2) is 0 Å². The van der Waals surface area contributed by atoms with Gasteiger partial charge in [-0.15, -0.1) is 0 Å². The molecule has 0 amide bonds. The smallest absolute Gasteiger partial charge is 0.293 e. The quantitative estimate of drug-likeness (QED) is 0.670. The summed E-state index contributed by atoms with van der Waals surface area (Å²) in [5.41, 5.74) is 0. The molecule has 0 aliphatic carbocycles. The second-order valence-corrected chi connectivity index (χ2v) is 5.08. The minimum Gasteiger partial charge on any atom is -0.293 e. The van der Waals surface area contributed by atoms with Crippen LogP contribution in [0.1, 0.15) is 27.2 Å². The highest BCUT2D eigenvalue weighted by Gasteiger charge is 2.35. The second kappa shape index (κ2) is 7.37. The summed E-state index contributed by atoms with van der Waals surface area (Å²) in [6.45, 7) is 5.92. The summed E-state index contributed by atoms with van der Waals surface area (Å²) in [6.07, 6.45) is -5.17. The molecule has 0 saturated heterocycles. The van der Waals surface area contributed by atoms with E-state index in [0.717, 1.165) is 0 Å². The summed E-state index contributed by atoms with van der Waals surface area (Å²) in [5, 5.41) is 0. The van der Waals surface area contributed by atoms with Crippen molar-refractivity contribution in [3.63, 3.8) is 0 Å². The van der Waals surface area contributed by atoms with Crippen LogP contribution in [0.25, 0.3) is 0 Å². The van der Waals surface area contributed by atoms with Gasteiger partial charge in [0.2, 0.25) is 0 Å². The first-order valence-electron chi connectivity index (χ1n) is 5.20. The van der Waals surface area contributed by atoms with Gasteiger partial charge < -0.3 is 0 Å². The van der Waals surface area contributed by atoms with Crippen LogP contribution in [0, 0.1) is 0 Å². The van der Waals surface area contributed by atoms with Crippen LogP contribution in [0.3, 0.4) is 0 Å². The average Bonchev–Trinajstić information content (AvgIpc) is 2.15. The van der Waals surface area contributed by atoms with E-state index in [9.17, 15) is 13.2 Å². The van der Waals surface area contributed by atoms with Crippen molar-refractivity contribution in [3.8, 4) is 0 Å². The highest BCUT2D eigenvalue weighted by atomic mass is 32.3. The summed E-state index contributed by atoms with van der Waals surface area (Å²) < 4.78 is 52.2. The van der Waals surface area contributed by atoms with Gasteiger partial charge in [0.1, 0.15) is 0 Å². The van der Waals surface area contributed by atoms with E-state index in [1.54, 1.807) is 20.8 Å². The molecule has 0 aromatic rings. The summed E-state index contributed by atoms with van der Waals surface area (Å²) in [6, 6.07) is 0. The summed E-state index contributed by atoms with van der Waals surface area (Å²) in [4.78, 5) is 0. The molecular weight excluding hydrogens is 245 g/mol.